The van der Waals surface area contributed by atoms with Gasteiger partial charge in [-0.15, -0.1) is 0 Å². The average molecular weight is 298 g/mol. The maximum Gasteiger partial charge on any atom is 0.354 e. The molecule has 0 saturated carbocycles. The molecule has 0 atom stereocenters. The summed E-state index contributed by atoms with van der Waals surface area (Å²) in [6.07, 6.45) is 0. The van der Waals surface area contributed by atoms with Crippen molar-refractivity contribution >= 4 is 27.8 Å². The number of nitrogens with one attached hydrogen (secondary N) is 2. The van der Waals surface area contributed by atoms with Crippen LogP contribution in [-0.4, -0.2) is 22.5 Å². The summed E-state index contributed by atoms with van der Waals surface area (Å²) < 4.78 is 4.97. The largest absolute Gasteiger partial charge is 0.461 e. The molecular formula is C17H18N2O3. The van der Waals surface area contributed by atoms with Crippen LogP contribution in [0, 0.1) is 20.8 Å². The van der Waals surface area contributed by atoms with Crippen LogP contribution in [0.25, 0.3) is 21.8 Å². The first-order chi connectivity index (χ1) is 10.4. The molecule has 0 unspecified atom stereocenters. The van der Waals surface area contributed by atoms with E-state index in [2.05, 4.69) is 9.97 Å². The van der Waals surface area contributed by atoms with Crippen molar-refractivity contribution < 1.29 is 9.53 Å². The number of benzene rings is 1. The molecule has 0 aliphatic carbocycles. The number of carbonyl (C=O) groups excluding carboxylic acids is 1. The van der Waals surface area contributed by atoms with E-state index in [4.69, 9.17) is 4.74 Å². The van der Waals surface area contributed by atoms with Gasteiger partial charge in [0.25, 0.3) is 0 Å². The van der Waals surface area contributed by atoms with Crippen molar-refractivity contribution in [1.82, 2.24) is 9.97 Å². The molecule has 5 nitrogen and oxygen atoms in total. The van der Waals surface area contributed by atoms with E-state index in [1.165, 1.54) is 6.07 Å². The Labute approximate surface area is 127 Å². The van der Waals surface area contributed by atoms with Gasteiger partial charge in [0, 0.05) is 22.7 Å². The lowest BCUT2D eigenvalue weighted by atomic mass is 10.0. The van der Waals surface area contributed by atoms with Gasteiger partial charge in [-0.1, -0.05) is 0 Å². The van der Waals surface area contributed by atoms with E-state index >= 15 is 0 Å². The number of hydrogen-bond acceptors (Lipinski definition) is 3. The minimum Gasteiger partial charge on any atom is -0.461 e. The van der Waals surface area contributed by atoms with Crippen LogP contribution in [-0.2, 0) is 4.74 Å². The molecule has 3 rings (SSSR count). The van der Waals surface area contributed by atoms with E-state index < -0.39 is 5.97 Å². The summed E-state index contributed by atoms with van der Waals surface area (Å²) >= 11 is 0. The molecule has 0 radical (unpaired) electrons. The number of aromatic amines is 2. The molecule has 3 aromatic rings. The lowest BCUT2D eigenvalue weighted by Gasteiger charge is -2.08. The summed E-state index contributed by atoms with van der Waals surface area (Å²) in [6, 6.07) is 3.31. The number of aryl methyl sites for hydroxylation is 3. The highest BCUT2D eigenvalue weighted by Crippen LogP contribution is 2.29. The van der Waals surface area contributed by atoms with Gasteiger partial charge in [-0.25, -0.2) is 4.79 Å². The smallest absolute Gasteiger partial charge is 0.354 e. The fourth-order valence-corrected chi connectivity index (χ4v) is 2.89. The maximum absolute atomic E-state index is 12.6. The zero-order chi connectivity index (χ0) is 16.0. The van der Waals surface area contributed by atoms with E-state index in [-0.39, 0.29) is 17.7 Å². The molecule has 0 fully saturated rings. The maximum atomic E-state index is 12.6. The Morgan fingerprint density at radius 2 is 1.86 bits per heavy atom. The van der Waals surface area contributed by atoms with Crippen molar-refractivity contribution in [2.24, 2.45) is 0 Å². The van der Waals surface area contributed by atoms with Crippen LogP contribution in [0.3, 0.4) is 0 Å². The van der Waals surface area contributed by atoms with Crippen molar-refractivity contribution in [3.8, 4) is 0 Å². The summed E-state index contributed by atoms with van der Waals surface area (Å²) in [4.78, 5) is 30.8. The SMILES string of the molecule is CCOC(=O)c1cc(=O)c2c([nH]1)c(C)cc1[nH]c(C)c(C)c12. The molecule has 0 bridgehead atoms. The molecule has 0 aliphatic heterocycles. The minimum absolute atomic E-state index is 0.174. The van der Waals surface area contributed by atoms with Crippen molar-refractivity contribution in [2.45, 2.75) is 27.7 Å². The summed E-state index contributed by atoms with van der Waals surface area (Å²) in [5.74, 6) is -0.511. The van der Waals surface area contributed by atoms with Gasteiger partial charge >= 0.3 is 5.97 Å². The molecule has 0 amide bonds. The molecule has 0 saturated heterocycles. The quantitative estimate of drug-likeness (QED) is 0.714. The molecule has 1 aromatic carbocycles. The van der Waals surface area contributed by atoms with E-state index in [9.17, 15) is 9.59 Å². The molecule has 0 spiro atoms. The molecule has 22 heavy (non-hydrogen) atoms. The van der Waals surface area contributed by atoms with Crippen molar-refractivity contribution in [3.05, 3.63) is 44.9 Å². The fourth-order valence-electron chi connectivity index (χ4n) is 2.89. The lowest BCUT2D eigenvalue weighted by Crippen LogP contribution is -2.13. The second-order valence-corrected chi connectivity index (χ2v) is 5.51. The Hall–Kier alpha value is -2.56. The zero-order valence-corrected chi connectivity index (χ0v) is 13.1. The van der Waals surface area contributed by atoms with Crippen LogP contribution < -0.4 is 5.43 Å². The van der Waals surface area contributed by atoms with Crippen LogP contribution in [0.4, 0.5) is 0 Å². The summed E-state index contributed by atoms with van der Waals surface area (Å²) in [7, 11) is 0. The molecule has 5 heteroatoms. The van der Waals surface area contributed by atoms with E-state index in [1.807, 2.05) is 26.8 Å². The molecule has 0 aliphatic rings. The average Bonchev–Trinajstić information content (AvgIpc) is 2.74. The van der Waals surface area contributed by atoms with Gasteiger partial charge in [-0.2, -0.15) is 0 Å². The fraction of sp³-hybridized carbons (Fsp3) is 0.294. The normalized spacial score (nSPS) is 11.3. The van der Waals surface area contributed by atoms with Crippen LogP contribution in [0.5, 0.6) is 0 Å². The van der Waals surface area contributed by atoms with Crippen molar-refractivity contribution in [2.75, 3.05) is 6.61 Å². The third kappa shape index (κ3) is 2.01. The van der Waals surface area contributed by atoms with Crippen LogP contribution >= 0.6 is 0 Å². The van der Waals surface area contributed by atoms with Gasteiger partial charge in [-0.05, 0) is 44.9 Å². The van der Waals surface area contributed by atoms with E-state index in [0.717, 1.165) is 27.7 Å². The first kappa shape index (κ1) is 14.4. The van der Waals surface area contributed by atoms with Crippen molar-refractivity contribution in [1.29, 1.82) is 0 Å². The third-order valence-corrected chi connectivity index (χ3v) is 4.06. The molecule has 2 N–H and O–H groups in total. The molecule has 114 valence electrons. The number of carbonyl (C=O) groups is 1. The van der Waals surface area contributed by atoms with Gasteiger partial charge in [0.05, 0.1) is 17.5 Å². The lowest BCUT2D eigenvalue weighted by molar-refractivity contribution is 0.0520. The number of H-pyrrole nitrogens is 2. The highest BCUT2D eigenvalue weighted by atomic mass is 16.5. The Morgan fingerprint density at radius 1 is 1.14 bits per heavy atom. The van der Waals surface area contributed by atoms with E-state index in [0.29, 0.717) is 10.9 Å². The van der Waals surface area contributed by atoms with Gasteiger partial charge in [0.2, 0.25) is 0 Å². The minimum atomic E-state index is -0.511. The predicted molar refractivity (Wildman–Crippen MR) is 86.6 cm³/mol. The number of fused-ring (bicyclic) bond motifs is 3. The van der Waals surface area contributed by atoms with Gasteiger partial charge in [0.15, 0.2) is 5.43 Å². The Balaban J connectivity index is 2.43. The topological polar surface area (TPSA) is 75.0 Å². The Kier molecular flexibility index (Phi) is 3.28. The van der Waals surface area contributed by atoms with Crippen LogP contribution in [0.15, 0.2) is 16.9 Å². The Bertz CT molecular complexity index is 964. The number of rotatable bonds is 2. The van der Waals surface area contributed by atoms with Gasteiger partial charge in [-0.3, -0.25) is 4.79 Å². The second kappa shape index (κ2) is 5.02. The van der Waals surface area contributed by atoms with Gasteiger partial charge in [0.1, 0.15) is 5.69 Å². The monoisotopic (exact) mass is 298 g/mol. The second-order valence-electron chi connectivity index (χ2n) is 5.51. The Morgan fingerprint density at radius 3 is 2.55 bits per heavy atom. The van der Waals surface area contributed by atoms with E-state index in [1.54, 1.807) is 6.92 Å². The standard InChI is InChI=1S/C17H18N2O3/c1-5-22-17(21)12-7-13(20)15-14-9(3)10(4)18-11(14)6-8(2)16(15)19-12/h6-7,18H,5H2,1-4H3,(H,19,20). The molecule has 2 aromatic heterocycles. The summed E-state index contributed by atoms with van der Waals surface area (Å²) in [5, 5.41) is 1.53. The van der Waals surface area contributed by atoms with Crippen LogP contribution in [0.2, 0.25) is 0 Å². The zero-order valence-electron chi connectivity index (χ0n) is 13.1. The molecular weight excluding hydrogens is 280 g/mol. The highest BCUT2D eigenvalue weighted by molar-refractivity contribution is 6.09. The van der Waals surface area contributed by atoms with Crippen LogP contribution in [0.1, 0.15) is 34.2 Å². The number of esters is 1. The first-order valence-electron chi connectivity index (χ1n) is 7.26. The highest BCUT2D eigenvalue weighted by Gasteiger charge is 2.16. The first-order valence-corrected chi connectivity index (χ1v) is 7.26. The molecule has 2 heterocycles. The summed E-state index contributed by atoms with van der Waals surface area (Å²) in [5.41, 5.74) is 4.64. The number of ether oxygens (including phenoxy) is 1. The predicted octanol–water partition coefficient (Wildman–Crippen LogP) is 3.11. The number of pyridine rings is 1. The van der Waals surface area contributed by atoms with Gasteiger partial charge < -0.3 is 14.7 Å². The van der Waals surface area contributed by atoms with Crippen molar-refractivity contribution in [3.63, 3.8) is 0 Å². The number of hydrogen-bond donors (Lipinski definition) is 2. The number of aromatic nitrogens is 2. The summed E-state index contributed by atoms with van der Waals surface area (Å²) in [6.45, 7) is 7.89. The third-order valence-electron chi connectivity index (χ3n) is 4.06.